The van der Waals surface area contributed by atoms with E-state index in [4.69, 9.17) is 25.6 Å². The smallest absolute Gasteiger partial charge is 0.261 e. The van der Waals surface area contributed by atoms with Crippen LogP contribution < -0.4 is 14.8 Å². The lowest BCUT2D eigenvalue weighted by molar-refractivity contribution is 0.102. The predicted octanol–water partition coefficient (Wildman–Crippen LogP) is 5.34. The van der Waals surface area contributed by atoms with E-state index in [1.165, 1.54) is 14.2 Å². The van der Waals surface area contributed by atoms with Crippen LogP contribution in [0.4, 0.5) is 5.69 Å². The number of nitrogens with one attached hydrogen (secondary N) is 1. The van der Waals surface area contributed by atoms with Gasteiger partial charge in [0, 0.05) is 16.1 Å². The highest BCUT2D eigenvalue weighted by atomic mass is 79.9. The number of halogens is 2. The molecule has 0 unspecified atom stereocenters. The van der Waals surface area contributed by atoms with Crippen molar-refractivity contribution < 1.29 is 18.8 Å². The Balaban J connectivity index is 1.99. The third-order valence-electron chi connectivity index (χ3n) is 3.91. The summed E-state index contributed by atoms with van der Waals surface area (Å²) in [5.41, 5.74) is 1.95. The molecule has 0 atom stereocenters. The molecule has 8 heteroatoms. The van der Waals surface area contributed by atoms with Gasteiger partial charge in [0.1, 0.15) is 28.5 Å². The maximum atomic E-state index is 13.0. The van der Waals surface area contributed by atoms with Gasteiger partial charge in [-0.25, -0.2) is 0 Å². The molecule has 27 heavy (non-hydrogen) atoms. The number of benzene rings is 2. The Morgan fingerprint density at radius 3 is 2.59 bits per heavy atom. The Kier molecular flexibility index (Phi) is 5.72. The fraction of sp³-hybridized carbons (Fsp3) is 0.158. The second-order valence-electron chi connectivity index (χ2n) is 5.61. The van der Waals surface area contributed by atoms with Gasteiger partial charge in [0.05, 0.1) is 24.9 Å². The van der Waals surface area contributed by atoms with Crippen molar-refractivity contribution in [1.29, 1.82) is 0 Å². The van der Waals surface area contributed by atoms with E-state index in [0.717, 1.165) is 10.0 Å². The number of amides is 1. The predicted molar refractivity (Wildman–Crippen MR) is 107 cm³/mol. The SMILES string of the molecule is COc1cc(OC)c(NC(=O)c2c(-c3cccc(Br)c3)noc2C)cc1Cl. The first-order valence-corrected chi connectivity index (χ1v) is 9.06. The number of hydrogen-bond donors (Lipinski definition) is 1. The minimum Gasteiger partial charge on any atom is -0.495 e. The van der Waals surface area contributed by atoms with Gasteiger partial charge < -0.3 is 19.3 Å². The number of anilines is 1. The molecule has 0 saturated carbocycles. The zero-order chi connectivity index (χ0) is 19.6. The van der Waals surface area contributed by atoms with E-state index < -0.39 is 0 Å². The zero-order valence-corrected chi connectivity index (χ0v) is 17.1. The molecule has 3 aromatic rings. The Bertz CT molecular complexity index is 1000. The number of hydrogen-bond acceptors (Lipinski definition) is 5. The van der Waals surface area contributed by atoms with E-state index in [2.05, 4.69) is 26.4 Å². The molecule has 3 rings (SSSR count). The average Bonchev–Trinajstić information content (AvgIpc) is 3.03. The molecule has 1 N–H and O–H groups in total. The number of nitrogens with zero attached hydrogens (tertiary/aromatic N) is 1. The van der Waals surface area contributed by atoms with E-state index >= 15 is 0 Å². The molecule has 0 aliphatic heterocycles. The molecule has 0 saturated heterocycles. The van der Waals surface area contributed by atoms with Crippen molar-refractivity contribution in [3.05, 3.63) is 57.2 Å². The van der Waals surface area contributed by atoms with Crippen molar-refractivity contribution in [3.63, 3.8) is 0 Å². The second kappa shape index (κ2) is 8.02. The van der Waals surface area contributed by atoms with Crippen LogP contribution in [0, 0.1) is 6.92 Å². The molecule has 1 aromatic heterocycles. The molecule has 2 aromatic carbocycles. The standard InChI is InChI=1S/C19H16BrClN2O4/c1-10-17(18(23-27-10)11-5-4-6-12(20)7-11)19(24)22-14-8-13(21)15(25-2)9-16(14)26-3/h4-9H,1-3H3,(H,22,24). The molecular weight excluding hydrogens is 436 g/mol. The monoisotopic (exact) mass is 450 g/mol. The summed E-state index contributed by atoms with van der Waals surface area (Å²) >= 11 is 9.59. The molecule has 0 fully saturated rings. The molecule has 140 valence electrons. The van der Waals surface area contributed by atoms with Crippen LogP contribution in [0.25, 0.3) is 11.3 Å². The Hall–Kier alpha value is -2.51. The van der Waals surface area contributed by atoms with Crippen molar-refractivity contribution in [2.24, 2.45) is 0 Å². The Morgan fingerprint density at radius 1 is 1.19 bits per heavy atom. The van der Waals surface area contributed by atoms with Gasteiger partial charge in [-0.2, -0.15) is 0 Å². The summed E-state index contributed by atoms with van der Waals surface area (Å²) in [5, 5.41) is 7.20. The molecule has 0 aliphatic carbocycles. The van der Waals surface area contributed by atoms with E-state index in [9.17, 15) is 4.79 Å². The van der Waals surface area contributed by atoms with Gasteiger partial charge in [-0.05, 0) is 25.1 Å². The van der Waals surface area contributed by atoms with Gasteiger partial charge in [-0.3, -0.25) is 4.79 Å². The van der Waals surface area contributed by atoms with Gasteiger partial charge in [0.2, 0.25) is 0 Å². The third-order valence-corrected chi connectivity index (χ3v) is 4.70. The number of carbonyl (C=O) groups is 1. The Morgan fingerprint density at radius 2 is 1.93 bits per heavy atom. The molecule has 1 heterocycles. The van der Waals surface area contributed by atoms with Crippen molar-refractivity contribution in [3.8, 4) is 22.8 Å². The van der Waals surface area contributed by atoms with Crippen LogP contribution in [0.15, 0.2) is 45.4 Å². The summed E-state index contributed by atoms with van der Waals surface area (Å²) in [4.78, 5) is 13.0. The number of aromatic nitrogens is 1. The van der Waals surface area contributed by atoms with Crippen molar-refractivity contribution >= 4 is 39.1 Å². The van der Waals surface area contributed by atoms with Crippen LogP contribution in [0.2, 0.25) is 5.02 Å². The van der Waals surface area contributed by atoms with Crippen LogP contribution in [0.3, 0.4) is 0 Å². The number of rotatable bonds is 5. The van der Waals surface area contributed by atoms with Gasteiger partial charge in [0.15, 0.2) is 0 Å². The lowest BCUT2D eigenvalue weighted by Gasteiger charge is -2.13. The molecule has 1 amide bonds. The van der Waals surface area contributed by atoms with E-state index in [1.807, 2.05) is 24.3 Å². The van der Waals surface area contributed by atoms with Crippen molar-refractivity contribution in [2.45, 2.75) is 6.92 Å². The number of ether oxygens (including phenoxy) is 2. The topological polar surface area (TPSA) is 73.6 Å². The van der Waals surface area contributed by atoms with Crippen LogP contribution in [0.1, 0.15) is 16.1 Å². The van der Waals surface area contributed by atoms with Crippen LogP contribution in [0.5, 0.6) is 11.5 Å². The van der Waals surface area contributed by atoms with Gasteiger partial charge in [0.25, 0.3) is 5.91 Å². The summed E-state index contributed by atoms with van der Waals surface area (Å²) in [6.45, 7) is 1.68. The minimum atomic E-state index is -0.386. The maximum absolute atomic E-state index is 13.0. The molecule has 6 nitrogen and oxygen atoms in total. The van der Waals surface area contributed by atoms with Crippen molar-refractivity contribution in [1.82, 2.24) is 5.16 Å². The van der Waals surface area contributed by atoms with Gasteiger partial charge >= 0.3 is 0 Å². The first-order valence-electron chi connectivity index (χ1n) is 7.89. The fourth-order valence-electron chi connectivity index (χ4n) is 2.61. The van der Waals surface area contributed by atoms with Crippen molar-refractivity contribution in [2.75, 3.05) is 19.5 Å². The van der Waals surface area contributed by atoms with E-state index in [1.54, 1.807) is 19.1 Å². The lowest BCUT2D eigenvalue weighted by atomic mass is 10.1. The van der Waals surface area contributed by atoms with E-state index in [0.29, 0.717) is 39.2 Å². The lowest BCUT2D eigenvalue weighted by Crippen LogP contribution is -2.14. The summed E-state index contributed by atoms with van der Waals surface area (Å²) in [7, 11) is 3.00. The summed E-state index contributed by atoms with van der Waals surface area (Å²) < 4.78 is 16.6. The first-order chi connectivity index (χ1) is 12.9. The third kappa shape index (κ3) is 3.94. The quantitative estimate of drug-likeness (QED) is 0.567. The largest absolute Gasteiger partial charge is 0.495 e. The average molecular weight is 452 g/mol. The normalized spacial score (nSPS) is 10.6. The molecule has 0 spiro atoms. The van der Waals surface area contributed by atoms with Crippen LogP contribution in [-0.2, 0) is 0 Å². The summed E-state index contributed by atoms with van der Waals surface area (Å²) in [6.07, 6.45) is 0. The zero-order valence-electron chi connectivity index (χ0n) is 14.8. The summed E-state index contributed by atoms with van der Waals surface area (Å²) in [5.74, 6) is 0.884. The highest BCUT2D eigenvalue weighted by Crippen LogP contribution is 2.36. The molecule has 0 aliphatic rings. The molecule has 0 bridgehead atoms. The highest BCUT2D eigenvalue weighted by molar-refractivity contribution is 9.10. The summed E-state index contributed by atoms with van der Waals surface area (Å²) in [6, 6.07) is 10.6. The number of methoxy groups -OCH3 is 2. The van der Waals surface area contributed by atoms with Gasteiger partial charge in [-0.1, -0.05) is 44.8 Å². The first kappa shape index (κ1) is 19.3. The highest BCUT2D eigenvalue weighted by Gasteiger charge is 2.23. The van der Waals surface area contributed by atoms with Gasteiger partial charge in [-0.15, -0.1) is 0 Å². The molecule has 0 radical (unpaired) electrons. The maximum Gasteiger partial charge on any atom is 0.261 e. The number of aryl methyl sites for hydroxylation is 1. The van der Waals surface area contributed by atoms with Crippen LogP contribution in [-0.4, -0.2) is 25.3 Å². The minimum absolute atomic E-state index is 0.335. The fourth-order valence-corrected chi connectivity index (χ4v) is 3.25. The molecular formula is C19H16BrClN2O4. The Labute approximate surface area is 169 Å². The second-order valence-corrected chi connectivity index (χ2v) is 6.94. The van der Waals surface area contributed by atoms with Crippen LogP contribution >= 0.6 is 27.5 Å². The number of carbonyl (C=O) groups excluding carboxylic acids is 1. The van der Waals surface area contributed by atoms with E-state index in [-0.39, 0.29) is 5.91 Å².